The molecule has 1 atom stereocenters. The number of carboxylic acid groups (broad SMARTS) is 1. The number of fused-ring (bicyclic) bond motifs is 1. The molecule has 134 valence electrons. The van der Waals surface area contributed by atoms with E-state index in [4.69, 9.17) is 5.11 Å². The summed E-state index contributed by atoms with van der Waals surface area (Å²) >= 11 is 0. The largest absolute Gasteiger partial charge is 0.480 e. The highest BCUT2D eigenvalue weighted by molar-refractivity contribution is 5.83. The minimum Gasteiger partial charge on any atom is -0.480 e. The van der Waals surface area contributed by atoms with E-state index in [2.05, 4.69) is 10.3 Å². The molecule has 0 saturated carbocycles. The van der Waals surface area contributed by atoms with Gasteiger partial charge in [-0.3, -0.25) is 19.1 Å². The van der Waals surface area contributed by atoms with E-state index < -0.39 is 29.2 Å². The number of hydrogen-bond acceptors (Lipinski definition) is 4. The third kappa shape index (κ3) is 4.56. The first kappa shape index (κ1) is 18.4. The smallest absolute Gasteiger partial charge is 0.328 e. The molecule has 1 amide bonds. The van der Waals surface area contributed by atoms with Crippen molar-refractivity contribution >= 4 is 22.8 Å². The normalized spacial score (nSPS) is 12.0. The molecule has 0 unspecified atom stereocenters. The Hall–Kier alpha value is -2.90. The minimum absolute atomic E-state index is 0.0437. The van der Waals surface area contributed by atoms with Crippen LogP contribution in [-0.4, -0.2) is 32.6 Å². The van der Waals surface area contributed by atoms with Gasteiger partial charge in [0.2, 0.25) is 5.91 Å². The summed E-state index contributed by atoms with van der Waals surface area (Å²) in [5, 5.41) is 12.0. The molecule has 2 rings (SSSR count). The average molecular weight is 347 g/mol. The summed E-state index contributed by atoms with van der Waals surface area (Å²) in [7, 11) is 0. The molecule has 8 nitrogen and oxygen atoms in total. The number of aromatic nitrogens is 2. The second kappa shape index (κ2) is 8.27. The maximum atomic E-state index is 12.0. The van der Waals surface area contributed by atoms with Gasteiger partial charge in [0.05, 0.1) is 10.9 Å². The highest BCUT2D eigenvalue weighted by Crippen LogP contribution is 2.07. The zero-order valence-corrected chi connectivity index (χ0v) is 13.9. The third-order valence-electron chi connectivity index (χ3n) is 3.95. The second-order valence-electron chi connectivity index (χ2n) is 5.78. The van der Waals surface area contributed by atoms with Gasteiger partial charge in [-0.25, -0.2) is 9.59 Å². The van der Waals surface area contributed by atoms with Gasteiger partial charge >= 0.3 is 11.7 Å². The number of nitrogens with one attached hydrogen (secondary N) is 2. The lowest BCUT2D eigenvalue weighted by Crippen LogP contribution is -2.41. The monoisotopic (exact) mass is 347 g/mol. The zero-order chi connectivity index (χ0) is 18.4. The summed E-state index contributed by atoms with van der Waals surface area (Å²) in [6.07, 6.45) is 1.82. The lowest BCUT2D eigenvalue weighted by Gasteiger charge is -2.15. The number of hydrogen-bond donors (Lipinski definition) is 3. The summed E-state index contributed by atoms with van der Waals surface area (Å²) in [6, 6.07) is 5.67. The number of rotatable bonds is 8. The van der Waals surface area contributed by atoms with Gasteiger partial charge in [-0.05, 0) is 18.6 Å². The number of H-pyrrole nitrogens is 1. The first-order valence-electron chi connectivity index (χ1n) is 8.18. The van der Waals surface area contributed by atoms with E-state index in [9.17, 15) is 19.2 Å². The van der Waals surface area contributed by atoms with Gasteiger partial charge in [-0.15, -0.1) is 0 Å². The zero-order valence-electron chi connectivity index (χ0n) is 13.9. The Kier molecular flexibility index (Phi) is 6.10. The van der Waals surface area contributed by atoms with Crippen molar-refractivity contribution in [1.29, 1.82) is 0 Å². The summed E-state index contributed by atoms with van der Waals surface area (Å²) < 4.78 is 1.30. The van der Waals surface area contributed by atoms with Crippen molar-refractivity contribution in [2.45, 2.75) is 45.2 Å². The number of nitrogens with zero attached hydrogens (tertiary/aromatic N) is 1. The quantitative estimate of drug-likeness (QED) is 0.653. The highest BCUT2D eigenvalue weighted by Gasteiger charge is 2.19. The van der Waals surface area contributed by atoms with Crippen LogP contribution in [0.15, 0.2) is 33.9 Å². The number of carbonyl (C=O) groups excluding carboxylic acids is 1. The second-order valence-corrected chi connectivity index (χ2v) is 5.78. The van der Waals surface area contributed by atoms with Gasteiger partial charge in [0.1, 0.15) is 6.04 Å². The van der Waals surface area contributed by atoms with Crippen LogP contribution in [0, 0.1) is 0 Å². The molecule has 2 aromatic rings. The van der Waals surface area contributed by atoms with Gasteiger partial charge in [-0.2, -0.15) is 0 Å². The van der Waals surface area contributed by atoms with Crippen molar-refractivity contribution in [3.05, 3.63) is 45.1 Å². The maximum absolute atomic E-state index is 12.0. The van der Waals surface area contributed by atoms with E-state index in [1.807, 2.05) is 6.92 Å². The van der Waals surface area contributed by atoms with E-state index in [-0.39, 0.29) is 13.0 Å². The summed E-state index contributed by atoms with van der Waals surface area (Å²) in [5.74, 6) is -1.53. The van der Waals surface area contributed by atoms with E-state index in [0.29, 0.717) is 23.7 Å². The maximum Gasteiger partial charge on any atom is 0.328 e. The number of carbonyl (C=O) groups is 2. The first-order chi connectivity index (χ1) is 11.9. The molecule has 0 fully saturated rings. The third-order valence-corrected chi connectivity index (χ3v) is 3.95. The fraction of sp³-hybridized carbons (Fsp3) is 0.412. The number of carboxylic acids is 1. The minimum atomic E-state index is -1.08. The number of aryl methyl sites for hydroxylation is 1. The molecule has 0 aliphatic carbocycles. The molecule has 0 aliphatic heterocycles. The molecule has 3 N–H and O–H groups in total. The van der Waals surface area contributed by atoms with Crippen LogP contribution in [-0.2, 0) is 16.1 Å². The van der Waals surface area contributed by atoms with E-state index in [1.165, 1.54) is 4.57 Å². The van der Waals surface area contributed by atoms with Crippen LogP contribution < -0.4 is 16.6 Å². The first-order valence-corrected chi connectivity index (χ1v) is 8.18. The Morgan fingerprint density at radius 1 is 1.28 bits per heavy atom. The van der Waals surface area contributed by atoms with Crippen molar-refractivity contribution in [1.82, 2.24) is 14.9 Å². The number of unbranched alkanes of at least 4 members (excludes halogenated alkanes) is 1. The Morgan fingerprint density at radius 3 is 2.68 bits per heavy atom. The Bertz CT molecular complexity index is 884. The number of aliphatic carboxylic acids is 1. The van der Waals surface area contributed by atoms with Gasteiger partial charge < -0.3 is 10.4 Å². The predicted molar refractivity (Wildman–Crippen MR) is 92.5 cm³/mol. The van der Waals surface area contributed by atoms with Crippen LogP contribution in [0.2, 0.25) is 0 Å². The Morgan fingerprint density at radius 2 is 2.00 bits per heavy atom. The molecule has 0 bridgehead atoms. The lowest BCUT2D eigenvalue weighted by atomic mass is 10.1. The molecule has 0 saturated heterocycles. The molecule has 0 aliphatic rings. The molecule has 0 radical (unpaired) electrons. The fourth-order valence-electron chi connectivity index (χ4n) is 2.61. The van der Waals surface area contributed by atoms with Crippen LogP contribution in [0.1, 0.15) is 32.6 Å². The van der Waals surface area contributed by atoms with Crippen molar-refractivity contribution in [3.8, 4) is 0 Å². The number of amides is 1. The Balaban J connectivity index is 2.12. The van der Waals surface area contributed by atoms with Crippen molar-refractivity contribution in [2.75, 3.05) is 0 Å². The van der Waals surface area contributed by atoms with Gasteiger partial charge in [0.15, 0.2) is 0 Å². The van der Waals surface area contributed by atoms with E-state index in [1.54, 1.807) is 24.3 Å². The molecule has 1 heterocycles. The molecular weight excluding hydrogens is 326 g/mol. The molecule has 8 heteroatoms. The summed E-state index contributed by atoms with van der Waals surface area (Å²) in [4.78, 5) is 49.3. The molecule has 0 spiro atoms. The topological polar surface area (TPSA) is 121 Å². The van der Waals surface area contributed by atoms with Gasteiger partial charge in [0.25, 0.3) is 5.56 Å². The van der Waals surface area contributed by atoms with Crippen LogP contribution in [0.25, 0.3) is 10.9 Å². The summed E-state index contributed by atoms with van der Waals surface area (Å²) in [5.41, 5.74) is -0.645. The predicted octanol–water partition coefficient (Wildman–Crippen LogP) is 0.839. The molecule has 1 aromatic carbocycles. The van der Waals surface area contributed by atoms with Crippen LogP contribution in [0.3, 0.4) is 0 Å². The van der Waals surface area contributed by atoms with Gasteiger partial charge in [-0.1, -0.05) is 31.9 Å². The average Bonchev–Trinajstić information content (AvgIpc) is 2.58. The Labute approximate surface area is 143 Å². The lowest BCUT2D eigenvalue weighted by molar-refractivity contribution is -0.142. The van der Waals surface area contributed by atoms with E-state index >= 15 is 0 Å². The van der Waals surface area contributed by atoms with Crippen molar-refractivity contribution in [2.24, 2.45) is 0 Å². The van der Waals surface area contributed by atoms with Crippen LogP contribution >= 0.6 is 0 Å². The van der Waals surface area contributed by atoms with Crippen LogP contribution in [0.5, 0.6) is 0 Å². The number of aromatic amines is 1. The van der Waals surface area contributed by atoms with Crippen molar-refractivity contribution in [3.63, 3.8) is 0 Å². The van der Waals surface area contributed by atoms with Crippen LogP contribution in [0.4, 0.5) is 0 Å². The molecule has 25 heavy (non-hydrogen) atoms. The van der Waals surface area contributed by atoms with Crippen molar-refractivity contribution < 1.29 is 14.7 Å². The fourth-order valence-corrected chi connectivity index (χ4v) is 2.61. The SMILES string of the molecule is CCCC[C@H](NC(=O)CCn1c(=O)[nH]c(=O)c2ccccc21)C(=O)O. The number of para-hydroxylation sites is 1. The standard InChI is InChI=1S/C17H21N3O5/c1-2-3-7-12(16(23)24)18-14(21)9-10-20-13-8-5-4-6-11(13)15(22)19-17(20)25/h4-6,8,12H,2-3,7,9-10H2,1H3,(H,18,21)(H,23,24)(H,19,22,25)/t12-/m0/s1. The highest BCUT2D eigenvalue weighted by atomic mass is 16.4. The molecular formula is C17H21N3O5. The summed E-state index contributed by atoms with van der Waals surface area (Å²) in [6.45, 7) is 1.98. The molecule has 1 aromatic heterocycles. The van der Waals surface area contributed by atoms with Gasteiger partial charge in [0, 0.05) is 13.0 Å². The van der Waals surface area contributed by atoms with E-state index in [0.717, 1.165) is 6.42 Å². The number of benzene rings is 1.